The summed E-state index contributed by atoms with van der Waals surface area (Å²) in [6, 6.07) is 1.55. The molecule has 0 aromatic carbocycles. The highest BCUT2D eigenvalue weighted by Gasteiger charge is 2.40. The monoisotopic (exact) mass is 313 g/mol. The van der Waals surface area contributed by atoms with Gasteiger partial charge in [-0.3, -0.25) is 9.48 Å². The number of amides is 1. The normalized spacial score (nSPS) is 22.3. The van der Waals surface area contributed by atoms with Crippen molar-refractivity contribution in [1.82, 2.24) is 14.7 Å². The van der Waals surface area contributed by atoms with Gasteiger partial charge >= 0.3 is 0 Å². The number of nitrogens with zero attached hydrogens (tertiary/aromatic N) is 3. The van der Waals surface area contributed by atoms with E-state index in [-0.39, 0.29) is 42.0 Å². The molecular weight excluding hydrogens is 290 g/mol. The van der Waals surface area contributed by atoms with Crippen LogP contribution in [0.5, 0.6) is 0 Å². The molecule has 118 valence electrons. The summed E-state index contributed by atoms with van der Waals surface area (Å²) in [6.45, 7) is 8.23. The lowest BCUT2D eigenvalue weighted by Gasteiger charge is -2.43. The average molecular weight is 313 g/mol. The molecule has 0 aliphatic carbocycles. The summed E-state index contributed by atoms with van der Waals surface area (Å²) in [4.78, 5) is 14.3. The summed E-state index contributed by atoms with van der Waals surface area (Å²) in [6.07, 6.45) is 1.66. The van der Waals surface area contributed by atoms with Crippen molar-refractivity contribution in [2.75, 3.05) is 18.1 Å². The zero-order chi connectivity index (χ0) is 15.8. The van der Waals surface area contributed by atoms with Crippen LogP contribution in [0.4, 0.5) is 0 Å². The van der Waals surface area contributed by atoms with E-state index in [1.807, 2.05) is 33.8 Å². The summed E-state index contributed by atoms with van der Waals surface area (Å²) in [7, 11) is -3.07. The standard InChI is InChI=1S/C14H23N3O3S/c1-11-5-6-15-17(11)9-13(18)16-7-8-21(19,20)10-12(16)14(2,3)4/h5-6,12H,7-10H2,1-4H3. The smallest absolute Gasteiger partial charge is 0.244 e. The molecule has 1 aliphatic rings. The van der Waals surface area contributed by atoms with Gasteiger partial charge in [0.05, 0.1) is 17.5 Å². The molecule has 2 heterocycles. The zero-order valence-electron chi connectivity index (χ0n) is 13.0. The van der Waals surface area contributed by atoms with Crippen molar-refractivity contribution < 1.29 is 13.2 Å². The minimum atomic E-state index is -3.07. The van der Waals surface area contributed by atoms with Crippen molar-refractivity contribution >= 4 is 15.7 Å². The first-order valence-electron chi connectivity index (χ1n) is 7.08. The van der Waals surface area contributed by atoms with Crippen molar-refractivity contribution in [2.24, 2.45) is 5.41 Å². The molecule has 7 heteroatoms. The second kappa shape index (κ2) is 5.44. The molecule has 0 saturated carbocycles. The van der Waals surface area contributed by atoms with Gasteiger partial charge in [-0.1, -0.05) is 20.8 Å². The zero-order valence-corrected chi connectivity index (χ0v) is 13.9. The lowest BCUT2D eigenvalue weighted by Crippen LogP contribution is -2.57. The molecule has 1 aromatic rings. The Morgan fingerprint density at radius 2 is 2.10 bits per heavy atom. The predicted octanol–water partition coefficient (Wildman–Crippen LogP) is 0.863. The van der Waals surface area contributed by atoms with Crippen LogP contribution in [-0.4, -0.2) is 53.1 Å². The highest BCUT2D eigenvalue weighted by molar-refractivity contribution is 7.91. The summed E-state index contributed by atoms with van der Waals surface area (Å²) in [5, 5.41) is 4.12. The first-order valence-corrected chi connectivity index (χ1v) is 8.90. The van der Waals surface area contributed by atoms with Crippen molar-refractivity contribution in [3.05, 3.63) is 18.0 Å². The molecule has 6 nitrogen and oxygen atoms in total. The van der Waals surface area contributed by atoms with Crippen molar-refractivity contribution in [2.45, 2.75) is 40.3 Å². The van der Waals surface area contributed by atoms with Gasteiger partial charge in [0.1, 0.15) is 6.54 Å². The van der Waals surface area contributed by atoms with Crippen molar-refractivity contribution in [1.29, 1.82) is 0 Å². The predicted molar refractivity (Wildman–Crippen MR) is 80.6 cm³/mol. The van der Waals surface area contributed by atoms with Crippen LogP contribution in [-0.2, 0) is 21.2 Å². The maximum Gasteiger partial charge on any atom is 0.244 e. The molecule has 1 fully saturated rings. The Balaban J connectivity index is 2.20. The SMILES string of the molecule is Cc1ccnn1CC(=O)N1CCS(=O)(=O)CC1C(C)(C)C. The van der Waals surface area contributed by atoms with Crippen LogP contribution in [0.15, 0.2) is 12.3 Å². The van der Waals surface area contributed by atoms with Gasteiger partial charge in [0.25, 0.3) is 0 Å². The lowest BCUT2D eigenvalue weighted by molar-refractivity contribution is -0.136. The Labute approximate surface area is 126 Å². The van der Waals surface area contributed by atoms with E-state index in [9.17, 15) is 13.2 Å². The van der Waals surface area contributed by atoms with Crippen molar-refractivity contribution in [3.8, 4) is 0 Å². The average Bonchev–Trinajstić information content (AvgIpc) is 2.72. The summed E-state index contributed by atoms with van der Waals surface area (Å²) >= 11 is 0. The van der Waals surface area contributed by atoms with E-state index in [1.54, 1.807) is 15.8 Å². The van der Waals surface area contributed by atoms with E-state index in [2.05, 4.69) is 5.10 Å². The highest BCUT2D eigenvalue weighted by atomic mass is 32.2. The molecule has 1 saturated heterocycles. The summed E-state index contributed by atoms with van der Waals surface area (Å²) in [5.74, 6) is 0.0145. The Bertz CT molecular complexity index is 628. The van der Waals surface area contributed by atoms with Crippen molar-refractivity contribution in [3.63, 3.8) is 0 Å². The van der Waals surface area contributed by atoms with E-state index in [4.69, 9.17) is 0 Å². The molecule has 1 atom stereocenters. The van der Waals surface area contributed by atoms with E-state index in [1.165, 1.54) is 0 Å². The molecule has 1 aromatic heterocycles. The Hall–Kier alpha value is -1.37. The molecule has 0 radical (unpaired) electrons. The van der Waals surface area contributed by atoms with Gasteiger partial charge in [-0.15, -0.1) is 0 Å². The maximum atomic E-state index is 12.6. The van der Waals surface area contributed by atoms with Crippen LogP contribution < -0.4 is 0 Å². The van der Waals surface area contributed by atoms with Gasteiger partial charge in [-0.2, -0.15) is 5.10 Å². The molecule has 2 rings (SSSR count). The van der Waals surface area contributed by atoms with E-state index in [0.717, 1.165) is 5.69 Å². The first kappa shape index (κ1) is 16.0. The third-order valence-corrected chi connectivity index (χ3v) is 5.59. The van der Waals surface area contributed by atoms with E-state index >= 15 is 0 Å². The maximum absolute atomic E-state index is 12.6. The molecule has 1 aliphatic heterocycles. The van der Waals surface area contributed by atoms with Gasteiger partial charge < -0.3 is 4.90 Å². The number of carbonyl (C=O) groups excluding carboxylic acids is 1. The fourth-order valence-electron chi connectivity index (χ4n) is 2.61. The fraction of sp³-hybridized carbons (Fsp3) is 0.714. The molecular formula is C14H23N3O3S. The number of hydrogen-bond acceptors (Lipinski definition) is 4. The Morgan fingerprint density at radius 3 is 2.62 bits per heavy atom. The number of rotatable bonds is 2. The first-order chi connectivity index (χ1) is 9.60. The van der Waals surface area contributed by atoms with E-state index < -0.39 is 9.84 Å². The molecule has 0 bridgehead atoms. The molecule has 0 N–H and O–H groups in total. The number of carbonyl (C=O) groups is 1. The minimum Gasteiger partial charge on any atom is -0.336 e. The Morgan fingerprint density at radius 1 is 1.43 bits per heavy atom. The van der Waals surface area contributed by atoms with Gasteiger partial charge in [0, 0.05) is 18.4 Å². The minimum absolute atomic E-state index is 0.0420. The van der Waals surface area contributed by atoms with E-state index in [0.29, 0.717) is 0 Å². The van der Waals surface area contributed by atoms with Gasteiger partial charge in [0.2, 0.25) is 5.91 Å². The van der Waals surface area contributed by atoms with Crippen LogP contribution in [0, 0.1) is 12.3 Å². The second-order valence-electron chi connectivity index (χ2n) is 6.71. The highest BCUT2D eigenvalue weighted by Crippen LogP contribution is 2.29. The van der Waals surface area contributed by atoms with Crippen LogP contribution in [0.3, 0.4) is 0 Å². The molecule has 1 unspecified atom stereocenters. The molecule has 0 spiro atoms. The van der Waals surface area contributed by atoms with Crippen LogP contribution in [0.1, 0.15) is 26.5 Å². The lowest BCUT2D eigenvalue weighted by atomic mass is 9.86. The quantitative estimate of drug-likeness (QED) is 0.812. The van der Waals surface area contributed by atoms with Crippen LogP contribution >= 0.6 is 0 Å². The summed E-state index contributed by atoms with van der Waals surface area (Å²) < 4.78 is 25.4. The number of aromatic nitrogens is 2. The fourth-order valence-corrected chi connectivity index (χ4v) is 4.41. The van der Waals surface area contributed by atoms with Crippen LogP contribution in [0.2, 0.25) is 0 Å². The number of aryl methyl sites for hydroxylation is 1. The second-order valence-corrected chi connectivity index (χ2v) is 8.94. The summed E-state index contributed by atoms with van der Waals surface area (Å²) in [5.41, 5.74) is 0.641. The number of sulfone groups is 1. The third kappa shape index (κ3) is 3.64. The van der Waals surface area contributed by atoms with Gasteiger partial charge in [0.15, 0.2) is 9.84 Å². The third-order valence-electron chi connectivity index (χ3n) is 3.97. The van der Waals surface area contributed by atoms with Gasteiger partial charge in [-0.25, -0.2) is 8.42 Å². The topological polar surface area (TPSA) is 72.3 Å². The molecule has 1 amide bonds. The Kier molecular flexibility index (Phi) is 4.15. The number of hydrogen-bond donors (Lipinski definition) is 0. The largest absolute Gasteiger partial charge is 0.336 e. The van der Waals surface area contributed by atoms with Crippen LogP contribution in [0.25, 0.3) is 0 Å². The van der Waals surface area contributed by atoms with Gasteiger partial charge in [-0.05, 0) is 18.4 Å². The molecule has 21 heavy (non-hydrogen) atoms.